The average Bonchev–Trinajstić information content (AvgIpc) is 2.94. The molecule has 9 heteroatoms. The summed E-state index contributed by atoms with van der Waals surface area (Å²) in [5.74, 6) is 0.132. The second-order valence-corrected chi connectivity index (χ2v) is 7.64. The van der Waals surface area contributed by atoms with Gasteiger partial charge in [-0.1, -0.05) is 0 Å². The van der Waals surface area contributed by atoms with Crippen molar-refractivity contribution in [3.8, 4) is 0 Å². The number of hydrogen-bond donors (Lipinski definition) is 1. The van der Waals surface area contributed by atoms with E-state index in [1.807, 2.05) is 32.7 Å². The third kappa shape index (κ3) is 4.71. The Morgan fingerprint density at radius 2 is 1.75 bits per heavy atom. The van der Waals surface area contributed by atoms with Crippen LogP contribution in [0.25, 0.3) is 0 Å². The normalized spacial score (nSPS) is 20.2. The molecule has 2 aliphatic heterocycles. The molecular weight excluding hydrogens is 360 g/mol. The molecule has 2 fully saturated rings. The van der Waals surface area contributed by atoms with Crippen LogP contribution in [0.1, 0.15) is 18.3 Å². The number of nitrogens with zero attached hydrogens (tertiary/aromatic N) is 5. The number of rotatable bonds is 5. The molecule has 0 aromatic carbocycles. The maximum atomic E-state index is 12.7. The number of ether oxygens (including phenoxy) is 1. The van der Waals surface area contributed by atoms with E-state index in [9.17, 15) is 9.59 Å². The molecule has 0 bridgehead atoms. The molecule has 9 nitrogen and oxygen atoms in total. The van der Waals surface area contributed by atoms with E-state index in [2.05, 4.69) is 20.2 Å². The SMILES string of the molecule is Cc1nn(C)c(C)c1NC(=O)C(C)N1CCN(C(=O)CN2CCOCC2)CC1. The number of nitrogens with one attached hydrogen (secondary N) is 1. The van der Waals surface area contributed by atoms with E-state index in [1.165, 1.54) is 0 Å². The van der Waals surface area contributed by atoms with E-state index in [0.717, 1.165) is 30.2 Å². The van der Waals surface area contributed by atoms with Gasteiger partial charge in [0.15, 0.2) is 0 Å². The van der Waals surface area contributed by atoms with Gasteiger partial charge in [-0.2, -0.15) is 5.10 Å². The Morgan fingerprint density at radius 1 is 1.11 bits per heavy atom. The topological polar surface area (TPSA) is 82.9 Å². The molecule has 0 aliphatic carbocycles. The summed E-state index contributed by atoms with van der Waals surface area (Å²) in [4.78, 5) is 31.4. The van der Waals surface area contributed by atoms with Gasteiger partial charge in [-0.05, 0) is 20.8 Å². The van der Waals surface area contributed by atoms with E-state index in [4.69, 9.17) is 4.74 Å². The van der Waals surface area contributed by atoms with E-state index in [1.54, 1.807) is 4.68 Å². The second-order valence-electron chi connectivity index (χ2n) is 7.64. The molecule has 1 atom stereocenters. The van der Waals surface area contributed by atoms with E-state index in [0.29, 0.717) is 45.9 Å². The zero-order valence-electron chi connectivity index (χ0n) is 17.4. The van der Waals surface area contributed by atoms with Gasteiger partial charge in [0.25, 0.3) is 0 Å². The minimum Gasteiger partial charge on any atom is -0.379 e. The van der Waals surface area contributed by atoms with Crippen molar-refractivity contribution in [3.63, 3.8) is 0 Å². The van der Waals surface area contributed by atoms with Crippen molar-refractivity contribution in [3.05, 3.63) is 11.4 Å². The van der Waals surface area contributed by atoms with Crippen molar-refractivity contribution in [2.24, 2.45) is 7.05 Å². The number of amides is 2. The van der Waals surface area contributed by atoms with Crippen LogP contribution in [0, 0.1) is 13.8 Å². The molecule has 2 amide bonds. The summed E-state index contributed by atoms with van der Waals surface area (Å²) in [5.41, 5.74) is 2.55. The highest BCUT2D eigenvalue weighted by Gasteiger charge is 2.29. The number of piperazine rings is 1. The molecule has 2 saturated heterocycles. The van der Waals surface area contributed by atoms with Crippen molar-refractivity contribution >= 4 is 17.5 Å². The monoisotopic (exact) mass is 392 g/mol. The van der Waals surface area contributed by atoms with Gasteiger partial charge in [-0.3, -0.25) is 24.1 Å². The molecular formula is C19H32N6O3. The number of morpholine rings is 1. The Morgan fingerprint density at radius 3 is 2.32 bits per heavy atom. The Kier molecular flexibility index (Phi) is 6.69. The van der Waals surface area contributed by atoms with Crippen LogP contribution in [0.2, 0.25) is 0 Å². The van der Waals surface area contributed by atoms with Crippen molar-refractivity contribution < 1.29 is 14.3 Å². The first kappa shape index (κ1) is 20.8. The number of aryl methyl sites for hydroxylation is 2. The van der Waals surface area contributed by atoms with E-state index < -0.39 is 0 Å². The van der Waals surface area contributed by atoms with Crippen LogP contribution in [0.4, 0.5) is 5.69 Å². The van der Waals surface area contributed by atoms with E-state index in [-0.39, 0.29) is 17.9 Å². The molecule has 1 aromatic rings. The van der Waals surface area contributed by atoms with Crippen LogP contribution in [-0.4, -0.2) is 101 Å². The molecule has 3 rings (SSSR count). The quantitative estimate of drug-likeness (QED) is 0.750. The fourth-order valence-corrected chi connectivity index (χ4v) is 3.76. The van der Waals surface area contributed by atoms with Gasteiger partial charge < -0.3 is 15.0 Å². The predicted molar refractivity (Wildman–Crippen MR) is 106 cm³/mol. The van der Waals surface area contributed by atoms with Crippen LogP contribution in [-0.2, 0) is 21.4 Å². The first-order valence-corrected chi connectivity index (χ1v) is 10.00. The highest BCUT2D eigenvalue weighted by Crippen LogP contribution is 2.19. The van der Waals surface area contributed by atoms with Crippen molar-refractivity contribution in [1.82, 2.24) is 24.5 Å². The van der Waals surface area contributed by atoms with Gasteiger partial charge in [0.1, 0.15) is 0 Å². The zero-order valence-corrected chi connectivity index (χ0v) is 17.4. The van der Waals surface area contributed by atoms with Crippen LogP contribution in [0.5, 0.6) is 0 Å². The molecule has 3 heterocycles. The number of aromatic nitrogens is 2. The molecule has 28 heavy (non-hydrogen) atoms. The maximum absolute atomic E-state index is 12.7. The summed E-state index contributed by atoms with van der Waals surface area (Å²) in [6.45, 7) is 12.0. The summed E-state index contributed by atoms with van der Waals surface area (Å²) < 4.78 is 7.10. The number of hydrogen-bond acceptors (Lipinski definition) is 6. The number of carbonyl (C=O) groups excluding carboxylic acids is 2. The molecule has 1 unspecified atom stereocenters. The average molecular weight is 393 g/mol. The Labute approximate surface area is 166 Å². The van der Waals surface area contributed by atoms with Gasteiger partial charge in [-0.25, -0.2) is 0 Å². The molecule has 0 radical (unpaired) electrons. The zero-order chi connectivity index (χ0) is 20.3. The largest absolute Gasteiger partial charge is 0.379 e. The van der Waals surface area contributed by atoms with Gasteiger partial charge in [0, 0.05) is 46.3 Å². The van der Waals surface area contributed by atoms with Crippen LogP contribution in [0.15, 0.2) is 0 Å². The summed E-state index contributed by atoms with van der Waals surface area (Å²) >= 11 is 0. The Balaban J connectivity index is 1.48. The summed E-state index contributed by atoms with van der Waals surface area (Å²) in [7, 11) is 1.87. The fraction of sp³-hybridized carbons (Fsp3) is 0.737. The first-order chi connectivity index (χ1) is 13.4. The highest BCUT2D eigenvalue weighted by atomic mass is 16.5. The lowest BCUT2D eigenvalue weighted by Gasteiger charge is -2.38. The van der Waals surface area contributed by atoms with Crippen LogP contribution < -0.4 is 5.32 Å². The Hall–Kier alpha value is -1.97. The van der Waals surface area contributed by atoms with Gasteiger partial charge in [0.2, 0.25) is 11.8 Å². The Bertz CT molecular complexity index is 705. The minimum absolute atomic E-state index is 0.0349. The lowest BCUT2D eigenvalue weighted by atomic mass is 10.2. The minimum atomic E-state index is -0.254. The lowest BCUT2D eigenvalue weighted by molar-refractivity contribution is -0.135. The van der Waals surface area contributed by atoms with Crippen LogP contribution >= 0.6 is 0 Å². The first-order valence-electron chi connectivity index (χ1n) is 10.00. The second kappa shape index (κ2) is 9.02. The molecule has 0 saturated carbocycles. The number of carbonyl (C=O) groups is 2. The van der Waals surface area contributed by atoms with Crippen LogP contribution in [0.3, 0.4) is 0 Å². The predicted octanol–water partition coefficient (Wildman–Crippen LogP) is -0.160. The third-order valence-electron chi connectivity index (χ3n) is 5.81. The summed E-state index contributed by atoms with van der Waals surface area (Å²) in [5, 5.41) is 7.37. The van der Waals surface area contributed by atoms with Gasteiger partial charge in [0.05, 0.1) is 42.9 Å². The molecule has 1 N–H and O–H groups in total. The molecule has 2 aliphatic rings. The summed E-state index contributed by atoms with van der Waals surface area (Å²) in [6.07, 6.45) is 0. The fourth-order valence-electron chi connectivity index (χ4n) is 3.76. The number of anilines is 1. The van der Waals surface area contributed by atoms with E-state index >= 15 is 0 Å². The molecule has 1 aromatic heterocycles. The van der Waals surface area contributed by atoms with Crippen molar-refractivity contribution in [2.45, 2.75) is 26.8 Å². The smallest absolute Gasteiger partial charge is 0.241 e. The standard InChI is InChI=1S/C19H32N6O3/c1-14-18(15(2)22(4)21-14)20-19(27)16(3)24-5-7-25(8-6-24)17(26)13-23-9-11-28-12-10-23/h16H,5-13H2,1-4H3,(H,20,27). The maximum Gasteiger partial charge on any atom is 0.241 e. The van der Waals surface area contributed by atoms with Crippen molar-refractivity contribution in [2.75, 3.05) is 64.3 Å². The van der Waals surface area contributed by atoms with Gasteiger partial charge in [-0.15, -0.1) is 0 Å². The molecule has 156 valence electrons. The van der Waals surface area contributed by atoms with Gasteiger partial charge >= 0.3 is 0 Å². The third-order valence-corrected chi connectivity index (χ3v) is 5.81. The highest BCUT2D eigenvalue weighted by molar-refractivity contribution is 5.95. The molecule has 0 spiro atoms. The van der Waals surface area contributed by atoms with Crippen molar-refractivity contribution in [1.29, 1.82) is 0 Å². The summed E-state index contributed by atoms with van der Waals surface area (Å²) in [6, 6.07) is -0.254. The lowest BCUT2D eigenvalue weighted by Crippen LogP contribution is -2.55.